The molecule has 1 aromatic carbocycles. The molecule has 0 saturated carbocycles. The fourth-order valence-corrected chi connectivity index (χ4v) is 4.86. The normalized spacial score (nSPS) is 16.4. The van der Waals surface area contributed by atoms with E-state index in [0.717, 1.165) is 18.4 Å². The van der Waals surface area contributed by atoms with Gasteiger partial charge < -0.3 is 19.3 Å². The number of methoxy groups -OCH3 is 1. The number of rotatable bonds is 9. The molecule has 0 N–H and O–H groups in total. The maximum Gasteiger partial charge on any atom is 0.242 e. The topological polar surface area (TPSA) is 59.1 Å². The van der Waals surface area contributed by atoms with Crippen LogP contribution in [0.1, 0.15) is 50.1 Å². The number of fused-ring (bicyclic) bond motifs is 1. The van der Waals surface area contributed by atoms with Crippen LogP contribution in [0.3, 0.4) is 0 Å². The molecule has 2 atom stereocenters. The van der Waals surface area contributed by atoms with E-state index in [2.05, 4.69) is 11.4 Å². The highest BCUT2D eigenvalue weighted by Crippen LogP contribution is 2.35. The van der Waals surface area contributed by atoms with Gasteiger partial charge in [0.25, 0.3) is 0 Å². The van der Waals surface area contributed by atoms with Crippen molar-refractivity contribution < 1.29 is 19.1 Å². The largest absolute Gasteiger partial charge is 0.493 e. The van der Waals surface area contributed by atoms with Crippen molar-refractivity contribution in [3.63, 3.8) is 0 Å². The molecule has 0 bridgehead atoms. The Hall–Kier alpha value is -2.54. The molecule has 0 radical (unpaired) electrons. The first-order valence-corrected chi connectivity index (χ1v) is 11.8. The van der Waals surface area contributed by atoms with Crippen LogP contribution in [0.25, 0.3) is 0 Å². The van der Waals surface area contributed by atoms with E-state index in [1.54, 1.807) is 23.3 Å². The highest BCUT2D eigenvalue weighted by Gasteiger charge is 2.34. The van der Waals surface area contributed by atoms with Crippen LogP contribution < -0.4 is 9.47 Å². The van der Waals surface area contributed by atoms with Gasteiger partial charge in [-0.1, -0.05) is 26.0 Å². The van der Waals surface area contributed by atoms with E-state index in [1.807, 2.05) is 49.9 Å². The zero-order chi connectivity index (χ0) is 22.4. The van der Waals surface area contributed by atoms with Gasteiger partial charge in [0.1, 0.15) is 13.2 Å². The van der Waals surface area contributed by atoms with E-state index in [9.17, 15) is 9.59 Å². The lowest BCUT2D eigenvalue weighted by Crippen LogP contribution is -2.49. The number of para-hydroxylation sites is 2. The molecule has 1 aliphatic heterocycles. The zero-order valence-electron chi connectivity index (χ0n) is 18.8. The molecule has 0 fully saturated rings. The van der Waals surface area contributed by atoms with E-state index in [0.29, 0.717) is 31.1 Å². The van der Waals surface area contributed by atoms with Gasteiger partial charge in [-0.3, -0.25) is 9.59 Å². The maximum atomic E-state index is 13.4. The summed E-state index contributed by atoms with van der Waals surface area (Å²) in [6.45, 7) is 6.93. The molecule has 2 amide bonds. The predicted octanol–water partition coefficient (Wildman–Crippen LogP) is 4.30. The van der Waals surface area contributed by atoms with Gasteiger partial charge in [0.05, 0.1) is 13.2 Å². The highest BCUT2D eigenvalue weighted by molar-refractivity contribution is 7.10. The van der Waals surface area contributed by atoms with Gasteiger partial charge in [-0.2, -0.15) is 0 Å². The minimum atomic E-state index is -0.192. The Morgan fingerprint density at radius 3 is 2.65 bits per heavy atom. The lowest BCUT2D eigenvalue weighted by Gasteiger charge is -2.38. The number of nitrogens with zero attached hydrogens (tertiary/aromatic N) is 2. The molecule has 2 heterocycles. The van der Waals surface area contributed by atoms with Crippen molar-refractivity contribution in [2.75, 3.05) is 26.8 Å². The number of thiophene rings is 1. The molecule has 6 nitrogen and oxygen atoms in total. The zero-order valence-corrected chi connectivity index (χ0v) is 19.6. The first-order chi connectivity index (χ1) is 15.0. The quantitative estimate of drug-likeness (QED) is 0.579. The number of amides is 2. The Bertz CT molecular complexity index is 897. The predicted molar refractivity (Wildman–Crippen MR) is 123 cm³/mol. The summed E-state index contributed by atoms with van der Waals surface area (Å²) in [6.07, 6.45) is 2.04. The van der Waals surface area contributed by atoms with Crippen molar-refractivity contribution in [2.24, 2.45) is 0 Å². The van der Waals surface area contributed by atoms with Crippen LogP contribution in [0, 0.1) is 0 Å². The molecule has 3 rings (SSSR count). The summed E-state index contributed by atoms with van der Waals surface area (Å²) in [4.78, 5) is 30.7. The third-order valence-electron chi connectivity index (χ3n) is 5.93. The fourth-order valence-electron chi connectivity index (χ4n) is 3.93. The van der Waals surface area contributed by atoms with Crippen LogP contribution in [-0.2, 0) is 16.0 Å². The average molecular weight is 445 g/mol. The smallest absolute Gasteiger partial charge is 0.242 e. The average Bonchev–Trinajstić information content (AvgIpc) is 3.29. The standard InChI is InChI=1S/C24H32N2O4S/c1-5-17(3)26(23(27)6-2)15-24(28)25-13-11-22-18(12-14-31-22)19(25)16-30-21-10-8-7-9-20(21)29-4/h7-10,12,14,17,19H,5-6,11,13,15-16H2,1-4H3/t17-,19+/m0/s1. The van der Waals surface area contributed by atoms with Crippen LogP contribution >= 0.6 is 11.3 Å². The van der Waals surface area contributed by atoms with Crippen LogP contribution in [0.5, 0.6) is 11.5 Å². The van der Waals surface area contributed by atoms with Gasteiger partial charge >= 0.3 is 0 Å². The van der Waals surface area contributed by atoms with Crippen LogP contribution in [-0.4, -0.2) is 54.5 Å². The van der Waals surface area contributed by atoms with Gasteiger partial charge in [-0.05, 0) is 48.9 Å². The molecule has 0 saturated heterocycles. The summed E-state index contributed by atoms with van der Waals surface area (Å²) in [5.41, 5.74) is 1.14. The third-order valence-corrected chi connectivity index (χ3v) is 6.93. The number of ether oxygens (including phenoxy) is 2. The second kappa shape index (κ2) is 10.7. The van der Waals surface area contributed by atoms with E-state index >= 15 is 0 Å². The Kier molecular flexibility index (Phi) is 7.96. The number of hydrogen-bond donors (Lipinski definition) is 0. The molecule has 2 aromatic rings. The number of carbonyl (C=O) groups excluding carboxylic acids is 2. The molecule has 0 aliphatic carbocycles. The minimum absolute atomic E-state index is 0.0118. The lowest BCUT2D eigenvalue weighted by atomic mass is 10.00. The van der Waals surface area contributed by atoms with Gasteiger partial charge in [0.15, 0.2) is 11.5 Å². The third kappa shape index (κ3) is 5.21. The van der Waals surface area contributed by atoms with Crippen molar-refractivity contribution >= 4 is 23.2 Å². The number of carbonyl (C=O) groups is 2. The molecule has 1 aromatic heterocycles. The summed E-state index contributed by atoms with van der Waals surface area (Å²) in [7, 11) is 1.61. The van der Waals surface area contributed by atoms with Gasteiger partial charge in [-0.25, -0.2) is 0 Å². The second-order valence-electron chi connectivity index (χ2n) is 7.75. The summed E-state index contributed by atoms with van der Waals surface area (Å²) in [5, 5.41) is 2.07. The van der Waals surface area contributed by atoms with E-state index in [1.165, 1.54) is 4.88 Å². The number of benzene rings is 1. The van der Waals surface area contributed by atoms with Crippen LogP contribution in [0.15, 0.2) is 35.7 Å². The molecule has 31 heavy (non-hydrogen) atoms. The first kappa shape index (κ1) is 23.1. The minimum Gasteiger partial charge on any atom is -0.493 e. The molecule has 1 aliphatic rings. The molecule has 0 spiro atoms. The first-order valence-electron chi connectivity index (χ1n) is 10.9. The molecule has 7 heteroatoms. The molecular formula is C24H32N2O4S. The number of hydrogen-bond acceptors (Lipinski definition) is 5. The Morgan fingerprint density at radius 1 is 1.23 bits per heavy atom. The van der Waals surface area contributed by atoms with Crippen molar-refractivity contribution in [3.05, 3.63) is 46.2 Å². The van der Waals surface area contributed by atoms with E-state index in [4.69, 9.17) is 9.47 Å². The second-order valence-corrected chi connectivity index (χ2v) is 8.75. The van der Waals surface area contributed by atoms with Gasteiger partial charge in [0.2, 0.25) is 11.8 Å². The Balaban J connectivity index is 1.80. The summed E-state index contributed by atoms with van der Waals surface area (Å²) in [6, 6.07) is 9.44. The SMILES string of the molecule is CCC(=O)N(CC(=O)N1CCc2sccc2[C@H]1COc1ccccc1OC)[C@@H](C)CC. The molecule has 0 unspecified atom stereocenters. The maximum absolute atomic E-state index is 13.4. The van der Waals surface area contributed by atoms with Crippen LogP contribution in [0.2, 0.25) is 0 Å². The highest BCUT2D eigenvalue weighted by atomic mass is 32.1. The monoisotopic (exact) mass is 444 g/mol. The fraction of sp³-hybridized carbons (Fsp3) is 0.500. The molecular weight excluding hydrogens is 412 g/mol. The van der Waals surface area contributed by atoms with Crippen molar-refractivity contribution in [1.82, 2.24) is 9.80 Å². The van der Waals surface area contributed by atoms with Crippen LogP contribution in [0.4, 0.5) is 0 Å². The Labute approximate surface area is 188 Å². The van der Waals surface area contributed by atoms with Gasteiger partial charge in [0, 0.05) is 23.9 Å². The van der Waals surface area contributed by atoms with Crippen molar-refractivity contribution in [2.45, 2.75) is 52.1 Å². The van der Waals surface area contributed by atoms with E-state index < -0.39 is 0 Å². The molecule has 168 valence electrons. The lowest BCUT2D eigenvalue weighted by molar-refractivity contribution is -0.144. The van der Waals surface area contributed by atoms with Gasteiger partial charge in [-0.15, -0.1) is 11.3 Å². The Morgan fingerprint density at radius 2 is 1.97 bits per heavy atom. The summed E-state index contributed by atoms with van der Waals surface area (Å²) >= 11 is 1.72. The van der Waals surface area contributed by atoms with Crippen molar-refractivity contribution in [3.8, 4) is 11.5 Å². The van der Waals surface area contributed by atoms with Crippen molar-refractivity contribution in [1.29, 1.82) is 0 Å². The summed E-state index contributed by atoms with van der Waals surface area (Å²) in [5.74, 6) is 1.30. The van der Waals surface area contributed by atoms with E-state index in [-0.39, 0.29) is 30.4 Å². The summed E-state index contributed by atoms with van der Waals surface area (Å²) < 4.78 is 11.5.